The topological polar surface area (TPSA) is 46.2 Å². The monoisotopic (exact) mass is 283 g/mol. The second-order valence-corrected chi connectivity index (χ2v) is 7.79. The van der Waals surface area contributed by atoms with Gasteiger partial charge in [0.1, 0.15) is 0 Å². The van der Waals surface area contributed by atoms with Crippen molar-refractivity contribution in [1.29, 1.82) is 0 Å². The summed E-state index contributed by atoms with van der Waals surface area (Å²) in [4.78, 5) is 0. The molecule has 108 valence electrons. The van der Waals surface area contributed by atoms with E-state index in [0.29, 0.717) is 0 Å². The Morgan fingerprint density at radius 2 is 1.68 bits per heavy atom. The first-order chi connectivity index (χ1) is 8.75. The van der Waals surface area contributed by atoms with Crippen LogP contribution < -0.4 is 5.32 Å². The standard InChI is InChI=1S/C15H25NO2S/c1-6-7-16-15(13(4)19(5,17)18)14-9-11(2)8-12(3)10-14/h8-10,13,15-16H,6-7H2,1-5H3. The number of benzene rings is 1. The summed E-state index contributed by atoms with van der Waals surface area (Å²) in [5, 5.41) is 2.94. The van der Waals surface area contributed by atoms with Crippen LogP contribution in [0.5, 0.6) is 0 Å². The van der Waals surface area contributed by atoms with Gasteiger partial charge in [0.15, 0.2) is 9.84 Å². The van der Waals surface area contributed by atoms with Crippen LogP contribution in [-0.2, 0) is 9.84 Å². The maximum Gasteiger partial charge on any atom is 0.151 e. The van der Waals surface area contributed by atoms with Gasteiger partial charge in [-0.3, -0.25) is 0 Å². The Hall–Kier alpha value is -0.870. The molecular formula is C15H25NO2S. The quantitative estimate of drug-likeness (QED) is 0.873. The number of sulfone groups is 1. The number of hydrogen-bond donors (Lipinski definition) is 1. The SMILES string of the molecule is CCCNC(c1cc(C)cc(C)c1)C(C)S(C)(=O)=O. The summed E-state index contributed by atoms with van der Waals surface area (Å²) in [6, 6.07) is 6.10. The summed E-state index contributed by atoms with van der Waals surface area (Å²) in [6.45, 7) is 8.76. The lowest BCUT2D eigenvalue weighted by Gasteiger charge is -2.25. The first-order valence-corrected chi connectivity index (χ1v) is 8.71. The number of hydrogen-bond acceptors (Lipinski definition) is 3. The van der Waals surface area contributed by atoms with Gasteiger partial charge in [0, 0.05) is 12.3 Å². The van der Waals surface area contributed by atoms with Crippen LogP contribution in [0.1, 0.15) is 43.0 Å². The molecule has 0 bridgehead atoms. The molecule has 0 fully saturated rings. The van der Waals surface area contributed by atoms with Gasteiger partial charge in [0.2, 0.25) is 0 Å². The van der Waals surface area contributed by atoms with Gasteiger partial charge in [-0.05, 0) is 39.3 Å². The fraction of sp³-hybridized carbons (Fsp3) is 0.600. The molecule has 0 aromatic heterocycles. The van der Waals surface area contributed by atoms with E-state index in [0.717, 1.165) is 18.5 Å². The molecule has 19 heavy (non-hydrogen) atoms. The molecule has 0 aliphatic rings. The second kappa shape index (κ2) is 6.53. The Morgan fingerprint density at radius 3 is 2.11 bits per heavy atom. The van der Waals surface area contributed by atoms with Crippen molar-refractivity contribution in [3.8, 4) is 0 Å². The molecule has 0 spiro atoms. The summed E-state index contributed by atoms with van der Waals surface area (Å²) in [5.74, 6) is 0. The Kier molecular flexibility index (Phi) is 5.56. The summed E-state index contributed by atoms with van der Waals surface area (Å²) < 4.78 is 23.7. The highest BCUT2D eigenvalue weighted by Gasteiger charge is 2.27. The second-order valence-electron chi connectivity index (χ2n) is 5.39. The average Bonchev–Trinajstić information content (AvgIpc) is 2.26. The van der Waals surface area contributed by atoms with E-state index in [1.165, 1.54) is 17.4 Å². The molecule has 1 N–H and O–H groups in total. The van der Waals surface area contributed by atoms with Crippen LogP contribution in [0.15, 0.2) is 18.2 Å². The van der Waals surface area contributed by atoms with Gasteiger partial charge in [0.05, 0.1) is 5.25 Å². The minimum atomic E-state index is -3.07. The lowest BCUT2D eigenvalue weighted by molar-refractivity contribution is 0.500. The van der Waals surface area contributed by atoms with Crippen LogP contribution in [0.3, 0.4) is 0 Å². The molecule has 3 nitrogen and oxygen atoms in total. The highest BCUT2D eigenvalue weighted by atomic mass is 32.2. The van der Waals surface area contributed by atoms with E-state index in [1.54, 1.807) is 6.92 Å². The summed E-state index contributed by atoms with van der Waals surface area (Å²) in [6.07, 6.45) is 2.29. The maximum atomic E-state index is 11.8. The van der Waals surface area contributed by atoms with Crippen LogP contribution in [0.4, 0.5) is 0 Å². The average molecular weight is 283 g/mol. The highest BCUT2D eigenvalue weighted by molar-refractivity contribution is 7.91. The van der Waals surface area contributed by atoms with E-state index in [4.69, 9.17) is 0 Å². The Morgan fingerprint density at radius 1 is 1.16 bits per heavy atom. The molecule has 2 unspecified atom stereocenters. The van der Waals surface area contributed by atoms with Crippen LogP contribution >= 0.6 is 0 Å². The van der Waals surface area contributed by atoms with Crippen molar-refractivity contribution in [2.75, 3.05) is 12.8 Å². The van der Waals surface area contributed by atoms with E-state index in [1.807, 2.05) is 13.8 Å². The minimum absolute atomic E-state index is 0.145. The van der Waals surface area contributed by atoms with Gasteiger partial charge in [0.25, 0.3) is 0 Å². The Bertz CT molecular complexity index is 503. The molecule has 1 aromatic rings. The molecule has 4 heteroatoms. The molecule has 0 aliphatic heterocycles. The van der Waals surface area contributed by atoms with Gasteiger partial charge in [-0.15, -0.1) is 0 Å². The van der Waals surface area contributed by atoms with Crippen molar-refractivity contribution in [3.05, 3.63) is 34.9 Å². The molecule has 0 saturated heterocycles. The molecular weight excluding hydrogens is 258 g/mol. The molecule has 1 aromatic carbocycles. The van der Waals surface area contributed by atoms with E-state index in [2.05, 4.69) is 30.4 Å². The third-order valence-electron chi connectivity index (χ3n) is 3.36. The van der Waals surface area contributed by atoms with E-state index in [9.17, 15) is 8.42 Å². The van der Waals surface area contributed by atoms with Gasteiger partial charge in [-0.1, -0.05) is 36.2 Å². The molecule has 0 saturated carbocycles. The third-order valence-corrected chi connectivity index (χ3v) is 4.99. The third kappa shape index (κ3) is 4.62. The molecule has 2 atom stereocenters. The van der Waals surface area contributed by atoms with Gasteiger partial charge >= 0.3 is 0 Å². The predicted octanol–water partition coefficient (Wildman–Crippen LogP) is 2.78. The van der Waals surface area contributed by atoms with E-state index in [-0.39, 0.29) is 6.04 Å². The van der Waals surface area contributed by atoms with Crippen molar-refractivity contribution >= 4 is 9.84 Å². The van der Waals surface area contributed by atoms with Crippen LogP contribution in [-0.4, -0.2) is 26.5 Å². The van der Waals surface area contributed by atoms with Crippen molar-refractivity contribution in [2.24, 2.45) is 0 Å². The summed E-state index contributed by atoms with van der Waals surface area (Å²) >= 11 is 0. The lowest BCUT2D eigenvalue weighted by atomic mass is 9.99. The van der Waals surface area contributed by atoms with Crippen LogP contribution in [0, 0.1) is 13.8 Å². The van der Waals surface area contributed by atoms with Gasteiger partial charge in [-0.2, -0.15) is 0 Å². The molecule has 0 heterocycles. The number of rotatable bonds is 6. The zero-order valence-electron chi connectivity index (χ0n) is 12.5. The normalized spacial score (nSPS) is 15.2. The minimum Gasteiger partial charge on any atom is -0.309 e. The van der Waals surface area contributed by atoms with Crippen molar-refractivity contribution in [2.45, 2.75) is 45.4 Å². The highest BCUT2D eigenvalue weighted by Crippen LogP contribution is 2.24. The fourth-order valence-electron chi connectivity index (χ4n) is 2.29. The Balaban J connectivity index is 3.15. The largest absolute Gasteiger partial charge is 0.309 e. The fourth-order valence-corrected chi connectivity index (χ4v) is 3.04. The van der Waals surface area contributed by atoms with E-state index >= 15 is 0 Å². The van der Waals surface area contributed by atoms with Crippen molar-refractivity contribution in [3.63, 3.8) is 0 Å². The van der Waals surface area contributed by atoms with Crippen molar-refractivity contribution < 1.29 is 8.42 Å². The Labute approximate surface area is 117 Å². The maximum absolute atomic E-state index is 11.8. The molecule has 1 rings (SSSR count). The van der Waals surface area contributed by atoms with Gasteiger partial charge < -0.3 is 5.32 Å². The number of aryl methyl sites for hydroxylation is 2. The van der Waals surface area contributed by atoms with Crippen LogP contribution in [0.2, 0.25) is 0 Å². The molecule has 0 radical (unpaired) electrons. The van der Waals surface area contributed by atoms with Crippen molar-refractivity contribution in [1.82, 2.24) is 5.32 Å². The number of nitrogens with one attached hydrogen (secondary N) is 1. The zero-order valence-corrected chi connectivity index (χ0v) is 13.3. The van der Waals surface area contributed by atoms with E-state index < -0.39 is 15.1 Å². The predicted molar refractivity (Wildman–Crippen MR) is 81.3 cm³/mol. The first kappa shape index (κ1) is 16.2. The smallest absolute Gasteiger partial charge is 0.151 e. The summed E-state index contributed by atoms with van der Waals surface area (Å²) in [7, 11) is -3.07. The van der Waals surface area contributed by atoms with Gasteiger partial charge in [-0.25, -0.2) is 8.42 Å². The molecule has 0 aliphatic carbocycles. The lowest BCUT2D eigenvalue weighted by Crippen LogP contribution is -2.35. The molecule has 0 amide bonds. The summed E-state index contributed by atoms with van der Waals surface area (Å²) in [5.41, 5.74) is 3.39. The first-order valence-electron chi connectivity index (χ1n) is 6.76. The van der Waals surface area contributed by atoms with Crippen LogP contribution in [0.25, 0.3) is 0 Å². The zero-order chi connectivity index (χ0) is 14.6.